The molecule has 4 N–H and O–H groups in total. The van der Waals surface area contributed by atoms with Gasteiger partial charge in [-0.25, -0.2) is 9.59 Å². The fourth-order valence-electron chi connectivity index (χ4n) is 1.12. The first kappa shape index (κ1) is 20.7. The summed E-state index contributed by atoms with van der Waals surface area (Å²) in [6.07, 6.45) is 3.71. The fourth-order valence-corrected chi connectivity index (χ4v) is 1.12. The molecule has 0 aromatic heterocycles. The number of aliphatic hydroxyl groups is 2. The van der Waals surface area contributed by atoms with Crippen molar-refractivity contribution in [3.63, 3.8) is 0 Å². The molecule has 0 spiro atoms. The molecule has 0 saturated heterocycles. The fraction of sp³-hybridized carbons (Fsp3) is 0.571. The summed E-state index contributed by atoms with van der Waals surface area (Å²) >= 11 is 0. The molecule has 0 rings (SSSR count). The summed E-state index contributed by atoms with van der Waals surface area (Å²) in [6, 6.07) is 0. The van der Waals surface area contributed by atoms with Gasteiger partial charge in [0, 0.05) is 17.6 Å². The van der Waals surface area contributed by atoms with Gasteiger partial charge in [0.15, 0.2) is 5.79 Å². The number of aliphatic carboxylic acids is 2. The number of carbonyl (C=O) groups is 2. The number of hydrogen-bond acceptors (Lipinski definition) is 4. The monoisotopic (exact) mass is 288 g/mol. The molecule has 6 nitrogen and oxygen atoms in total. The quantitative estimate of drug-likeness (QED) is 0.323. The molecular weight excluding hydrogens is 264 g/mol. The van der Waals surface area contributed by atoms with Gasteiger partial charge in [0.05, 0.1) is 0 Å². The zero-order valence-electron chi connectivity index (χ0n) is 12.2. The first-order valence-electron chi connectivity index (χ1n) is 6.29. The van der Waals surface area contributed by atoms with Crippen molar-refractivity contribution in [2.75, 3.05) is 0 Å². The van der Waals surface area contributed by atoms with Crippen LogP contribution in [-0.4, -0.2) is 38.2 Å². The summed E-state index contributed by atoms with van der Waals surface area (Å²) < 4.78 is 0. The maximum Gasteiger partial charge on any atom is 0.331 e. The second kappa shape index (κ2) is 10.2. The van der Waals surface area contributed by atoms with Crippen LogP contribution < -0.4 is 0 Å². The Morgan fingerprint density at radius 1 is 1.10 bits per heavy atom. The second-order valence-corrected chi connectivity index (χ2v) is 4.55. The van der Waals surface area contributed by atoms with Gasteiger partial charge in [0.25, 0.3) is 0 Å². The maximum absolute atomic E-state index is 10.4. The van der Waals surface area contributed by atoms with Crippen molar-refractivity contribution in [1.29, 1.82) is 0 Å². The molecule has 20 heavy (non-hydrogen) atoms. The van der Waals surface area contributed by atoms with E-state index in [9.17, 15) is 19.8 Å². The van der Waals surface area contributed by atoms with Gasteiger partial charge in [-0.15, -0.1) is 0 Å². The van der Waals surface area contributed by atoms with Crippen LogP contribution in [0.4, 0.5) is 0 Å². The topological polar surface area (TPSA) is 115 Å². The van der Waals surface area contributed by atoms with Crippen LogP contribution in [-0.2, 0) is 9.59 Å². The van der Waals surface area contributed by atoms with Crippen molar-refractivity contribution in [3.8, 4) is 0 Å². The zero-order valence-corrected chi connectivity index (χ0v) is 12.2. The third-order valence-electron chi connectivity index (χ3n) is 2.30. The van der Waals surface area contributed by atoms with E-state index in [4.69, 9.17) is 10.2 Å². The Labute approximate surface area is 119 Å². The molecule has 116 valence electrons. The molecule has 0 fully saturated rings. The van der Waals surface area contributed by atoms with E-state index in [0.29, 0.717) is 6.42 Å². The maximum atomic E-state index is 10.4. The minimum Gasteiger partial charge on any atom is -0.478 e. The number of rotatable bonds is 7. The average Bonchev–Trinajstić information content (AvgIpc) is 2.28. The largest absolute Gasteiger partial charge is 0.478 e. The summed E-state index contributed by atoms with van der Waals surface area (Å²) in [4.78, 5) is 20.0. The normalized spacial score (nSPS) is 11.3. The van der Waals surface area contributed by atoms with Crippen LogP contribution in [0.5, 0.6) is 0 Å². The van der Waals surface area contributed by atoms with Gasteiger partial charge >= 0.3 is 11.9 Å². The van der Waals surface area contributed by atoms with Gasteiger partial charge in [-0.05, 0) is 26.3 Å². The molecule has 0 aliphatic heterocycles. The number of unbranched alkanes of at least 4 members (excludes halogenated alkanes) is 2. The highest BCUT2D eigenvalue weighted by Crippen LogP contribution is 2.15. The third kappa shape index (κ3) is 12.8. The van der Waals surface area contributed by atoms with Gasteiger partial charge in [-0.1, -0.05) is 26.3 Å². The van der Waals surface area contributed by atoms with E-state index < -0.39 is 17.7 Å². The van der Waals surface area contributed by atoms with Crippen molar-refractivity contribution >= 4 is 11.9 Å². The SMILES string of the molecule is C=C(C)C(=O)O.CCCCCC(O)(O)C=C(C)C(=O)O. The van der Waals surface area contributed by atoms with E-state index >= 15 is 0 Å². The second-order valence-electron chi connectivity index (χ2n) is 4.55. The van der Waals surface area contributed by atoms with Gasteiger partial charge in [0.1, 0.15) is 0 Å². The Balaban J connectivity index is 0. The molecule has 0 aromatic carbocycles. The van der Waals surface area contributed by atoms with Crippen LogP contribution in [0.1, 0.15) is 46.5 Å². The Bertz CT molecular complexity index is 356. The van der Waals surface area contributed by atoms with E-state index in [0.717, 1.165) is 18.9 Å². The first-order chi connectivity index (χ1) is 9.03. The van der Waals surface area contributed by atoms with Crippen molar-refractivity contribution in [1.82, 2.24) is 0 Å². The number of carboxylic acids is 2. The summed E-state index contributed by atoms with van der Waals surface area (Å²) in [5.74, 6) is -4.06. The number of hydrogen-bond donors (Lipinski definition) is 4. The van der Waals surface area contributed by atoms with Gasteiger partial charge in [-0.2, -0.15) is 0 Å². The van der Waals surface area contributed by atoms with Crippen LogP contribution in [0.25, 0.3) is 0 Å². The molecule has 0 bridgehead atoms. The smallest absolute Gasteiger partial charge is 0.331 e. The summed E-state index contributed by atoms with van der Waals surface area (Å²) in [5, 5.41) is 35.2. The molecule has 0 aromatic rings. The third-order valence-corrected chi connectivity index (χ3v) is 2.30. The lowest BCUT2D eigenvalue weighted by atomic mass is 10.1. The predicted octanol–water partition coefficient (Wildman–Crippen LogP) is 1.93. The van der Waals surface area contributed by atoms with E-state index in [1.54, 1.807) is 0 Å². The summed E-state index contributed by atoms with van der Waals surface area (Å²) in [5.41, 5.74) is 0.126. The van der Waals surface area contributed by atoms with Crippen LogP contribution in [0.15, 0.2) is 23.8 Å². The summed E-state index contributed by atoms with van der Waals surface area (Å²) in [6.45, 7) is 7.95. The first-order valence-corrected chi connectivity index (χ1v) is 6.29. The lowest BCUT2D eigenvalue weighted by Crippen LogP contribution is -2.26. The Kier molecular flexibility index (Phi) is 10.5. The lowest BCUT2D eigenvalue weighted by Gasteiger charge is -2.17. The Morgan fingerprint density at radius 3 is 1.85 bits per heavy atom. The van der Waals surface area contributed by atoms with Gasteiger partial charge in [0.2, 0.25) is 0 Å². The van der Waals surface area contributed by atoms with Crippen molar-refractivity contribution < 1.29 is 30.0 Å². The molecule has 0 saturated carbocycles. The Morgan fingerprint density at radius 2 is 1.55 bits per heavy atom. The summed E-state index contributed by atoms with van der Waals surface area (Å²) in [7, 11) is 0. The van der Waals surface area contributed by atoms with E-state index in [1.807, 2.05) is 6.92 Å². The molecule has 0 amide bonds. The molecule has 0 radical (unpaired) electrons. The van der Waals surface area contributed by atoms with Crippen LogP contribution in [0.3, 0.4) is 0 Å². The van der Waals surface area contributed by atoms with Crippen molar-refractivity contribution in [2.45, 2.75) is 52.2 Å². The number of carboxylic acid groups (broad SMARTS) is 2. The Hall–Kier alpha value is -1.66. The molecule has 0 atom stereocenters. The molecule has 0 heterocycles. The average molecular weight is 288 g/mol. The van der Waals surface area contributed by atoms with Crippen molar-refractivity contribution in [3.05, 3.63) is 23.8 Å². The minimum absolute atomic E-state index is 0.0495. The highest BCUT2D eigenvalue weighted by Gasteiger charge is 2.20. The molecule has 0 aliphatic rings. The van der Waals surface area contributed by atoms with Crippen LogP contribution in [0.2, 0.25) is 0 Å². The predicted molar refractivity (Wildman–Crippen MR) is 75.2 cm³/mol. The van der Waals surface area contributed by atoms with E-state index in [-0.39, 0.29) is 17.6 Å². The zero-order chi connectivity index (χ0) is 16.3. The standard InChI is InChI=1S/C10H18O4.C4H6O2/c1-3-4-5-6-10(13,14)7-8(2)9(11)12;1-3(2)4(5)6/h7,13-14H,3-6H2,1-2H3,(H,11,12);1H2,2H3,(H,5,6). The highest BCUT2D eigenvalue weighted by atomic mass is 16.5. The molecule has 0 aliphatic carbocycles. The molecule has 0 unspecified atom stereocenters. The van der Waals surface area contributed by atoms with E-state index in [2.05, 4.69) is 6.58 Å². The van der Waals surface area contributed by atoms with Gasteiger partial charge < -0.3 is 20.4 Å². The highest BCUT2D eigenvalue weighted by molar-refractivity contribution is 5.86. The van der Waals surface area contributed by atoms with Crippen molar-refractivity contribution in [2.24, 2.45) is 0 Å². The molecular formula is C14H24O6. The lowest BCUT2D eigenvalue weighted by molar-refractivity contribution is -0.136. The van der Waals surface area contributed by atoms with E-state index in [1.165, 1.54) is 13.8 Å². The van der Waals surface area contributed by atoms with Crippen LogP contribution in [0, 0.1) is 0 Å². The van der Waals surface area contributed by atoms with Gasteiger partial charge in [-0.3, -0.25) is 0 Å². The minimum atomic E-state index is -1.99. The van der Waals surface area contributed by atoms with Crippen LogP contribution >= 0.6 is 0 Å². The molecule has 6 heteroatoms.